The third-order valence-corrected chi connectivity index (χ3v) is 4.60. The molecule has 0 bridgehead atoms. The predicted octanol–water partition coefficient (Wildman–Crippen LogP) is 5.03. The molecule has 3 aromatic rings. The van der Waals surface area contributed by atoms with Gasteiger partial charge in [0.1, 0.15) is 5.75 Å². The van der Waals surface area contributed by atoms with Crippen LogP contribution in [0.3, 0.4) is 0 Å². The lowest BCUT2D eigenvalue weighted by Crippen LogP contribution is -2.24. The van der Waals surface area contributed by atoms with Crippen molar-refractivity contribution < 1.29 is 4.74 Å². The highest BCUT2D eigenvalue weighted by atomic mass is 16.5. The van der Waals surface area contributed by atoms with Gasteiger partial charge in [0.25, 0.3) is 0 Å². The van der Waals surface area contributed by atoms with Crippen molar-refractivity contribution in [1.29, 1.82) is 0 Å². The molecule has 2 aromatic carbocycles. The van der Waals surface area contributed by atoms with E-state index in [1.54, 1.807) is 0 Å². The van der Waals surface area contributed by atoms with Crippen LogP contribution in [0.25, 0.3) is 10.9 Å². The zero-order chi connectivity index (χ0) is 16.5. The van der Waals surface area contributed by atoms with E-state index in [-0.39, 0.29) is 0 Å². The van der Waals surface area contributed by atoms with Crippen molar-refractivity contribution in [2.75, 3.05) is 18.1 Å². The summed E-state index contributed by atoms with van der Waals surface area (Å²) in [5.74, 6) is 0.905. The Kier molecular flexibility index (Phi) is 3.85. The van der Waals surface area contributed by atoms with Crippen LogP contribution < -0.4 is 9.64 Å². The number of fused-ring (bicyclic) bond motifs is 2. The number of nitrogens with zero attached hydrogens (tertiary/aromatic N) is 2. The summed E-state index contributed by atoms with van der Waals surface area (Å²) in [6, 6.07) is 17.1. The van der Waals surface area contributed by atoms with Crippen molar-refractivity contribution in [1.82, 2.24) is 4.98 Å². The predicted molar refractivity (Wildman–Crippen MR) is 99.4 cm³/mol. The van der Waals surface area contributed by atoms with Crippen molar-refractivity contribution in [2.45, 2.75) is 26.7 Å². The fraction of sp³-hybridized carbons (Fsp3) is 0.286. The van der Waals surface area contributed by atoms with Crippen molar-refractivity contribution in [2.24, 2.45) is 0 Å². The second-order valence-corrected chi connectivity index (χ2v) is 6.28. The molecule has 0 atom stereocenters. The lowest BCUT2D eigenvalue weighted by molar-refractivity contribution is 0.340. The van der Waals surface area contributed by atoms with Gasteiger partial charge < -0.3 is 9.64 Å². The van der Waals surface area contributed by atoms with E-state index in [9.17, 15) is 0 Å². The Labute approximate surface area is 142 Å². The largest absolute Gasteiger partial charge is 0.494 e. The number of hydrogen-bond acceptors (Lipinski definition) is 3. The van der Waals surface area contributed by atoms with Gasteiger partial charge in [0.15, 0.2) is 0 Å². The van der Waals surface area contributed by atoms with Crippen LogP contribution in [0.4, 0.5) is 11.4 Å². The average Bonchev–Trinajstić information content (AvgIpc) is 2.61. The molecular formula is C21H22N2O. The van der Waals surface area contributed by atoms with Crippen LogP contribution in [0.15, 0.2) is 48.5 Å². The average molecular weight is 318 g/mol. The highest BCUT2D eigenvalue weighted by Gasteiger charge is 2.20. The molecule has 4 rings (SSSR count). The van der Waals surface area contributed by atoms with Gasteiger partial charge in [-0.2, -0.15) is 0 Å². The maximum Gasteiger partial charge on any atom is 0.120 e. The van der Waals surface area contributed by atoms with E-state index < -0.39 is 0 Å². The number of benzene rings is 2. The molecule has 0 N–H and O–H groups in total. The second-order valence-electron chi connectivity index (χ2n) is 6.28. The molecule has 1 aliphatic rings. The van der Waals surface area contributed by atoms with E-state index in [4.69, 9.17) is 9.72 Å². The molecule has 1 aliphatic heterocycles. The van der Waals surface area contributed by atoms with Gasteiger partial charge in [0.2, 0.25) is 0 Å². The Morgan fingerprint density at radius 2 is 1.96 bits per heavy atom. The normalized spacial score (nSPS) is 13.8. The second kappa shape index (κ2) is 6.16. The molecule has 0 unspecified atom stereocenters. The summed E-state index contributed by atoms with van der Waals surface area (Å²) in [7, 11) is 0. The van der Waals surface area contributed by atoms with Gasteiger partial charge in [-0.05, 0) is 62.6 Å². The molecule has 0 aliphatic carbocycles. The van der Waals surface area contributed by atoms with Crippen LogP contribution in [-0.2, 0) is 6.42 Å². The van der Waals surface area contributed by atoms with E-state index in [0.717, 1.165) is 35.3 Å². The zero-order valence-corrected chi connectivity index (χ0v) is 14.2. The summed E-state index contributed by atoms with van der Waals surface area (Å²) in [6.07, 6.45) is 2.32. The van der Waals surface area contributed by atoms with Crippen molar-refractivity contribution in [3.05, 3.63) is 59.8 Å². The van der Waals surface area contributed by atoms with Crippen molar-refractivity contribution >= 4 is 22.3 Å². The minimum atomic E-state index is 0.673. The summed E-state index contributed by atoms with van der Waals surface area (Å²) in [5.41, 5.74) is 6.04. The van der Waals surface area contributed by atoms with E-state index in [0.29, 0.717) is 6.61 Å². The number of anilines is 2. The van der Waals surface area contributed by atoms with Crippen LogP contribution in [0.5, 0.6) is 5.75 Å². The topological polar surface area (TPSA) is 25.4 Å². The van der Waals surface area contributed by atoms with E-state index in [2.05, 4.69) is 54.3 Å². The van der Waals surface area contributed by atoms with Gasteiger partial charge in [-0.1, -0.05) is 18.2 Å². The lowest BCUT2D eigenvalue weighted by Gasteiger charge is -2.32. The summed E-state index contributed by atoms with van der Waals surface area (Å²) >= 11 is 0. The SMILES string of the molecule is CCOc1ccc2nc(C)cc(N3CCCc4ccccc43)c2c1. The first-order chi connectivity index (χ1) is 11.8. The minimum absolute atomic E-state index is 0.673. The summed E-state index contributed by atoms with van der Waals surface area (Å²) in [4.78, 5) is 7.14. The highest BCUT2D eigenvalue weighted by molar-refractivity contribution is 5.95. The summed E-state index contributed by atoms with van der Waals surface area (Å²) in [5, 5.41) is 1.16. The first kappa shape index (κ1) is 15.0. The standard InChI is InChI=1S/C21H22N2O/c1-3-24-17-10-11-19-18(14-17)21(13-15(2)22-19)23-12-6-8-16-7-4-5-9-20(16)23/h4-5,7,9-11,13-14H,3,6,8,12H2,1-2H3. The van der Waals surface area contributed by atoms with Crippen molar-refractivity contribution in [3.8, 4) is 5.75 Å². The van der Waals surface area contributed by atoms with Crippen molar-refractivity contribution in [3.63, 3.8) is 0 Å². The Morgan fingerprint density at radius 3 is 2.83 bits per heavy atom. The van der Waals surface area contributed by atoms with Gasteiger partial charge in [0, 0.05) is 23.3 Å². The number of para-hydroxylation sites is 1. The monoisotopic (exact) mass is 318 g/mol. The number of rotatable bonds is 3. The van der Waals surface area contributed by atoms with Crippen LogP contribution in [0, 0.1) is 6.92 Å². The fourth-order valence-electron chi connectivity index (χ4n) is 3.58. The molecule has 0 spiro atoms. The smallest absolute Gasteiger partial charge is 0.120 e. The Balaban J connectivity index is 1.91. The van der Waals surface area contributed by atoms with Gasteiger partial charge in [-0.15, -0.1) is 0 Å². The Hall–Kier alpha value is -2.55. The van der Waals surface area contributed by atoms with Crippen LogP contribution >= 0.6 is 0 Å². The van der Waals surface area contributed by atoms with E-state index in [1.807, 2.05) is 13.0 Å². The molecule has 122 valence electrons. The molecule has 2 heterocycles. The molecular weight excluding hydrogens is 296 g/mol. The summed E-state index contributed by atoms with van der Waals surface area (Å²) < 4.78 is 5.71. The molecule has 0 saturated carbocycles. The molecule has 0 saturated heterocycles. The third-order valence-electron chi connectivity index (χ3n) is 4.60. The van der Waals surface area contributed by atoms with Crippen LogP contribution in [0.1, 0.15) is 24.6 Å². The maximum atomic E-state index is 5.71. The van der Waals surface area contributed by atoms with Gasteiger partial charge in [-0.25, -0.2) is 0 Å². The molecule has 1 aromatic heterocycles. The fourth-order valence-corrected chi connectivity index (χ4v) is 3.58. The van der Waals surface area contributed by atoms with Gasteiger partial charge >= 0.3 is 0 Å². The summed E-state index contributed by atoms with van der Waals surface area (Å²) in [6.45, 7) is 5.79. The van der Waals surface area contributed by atoms with Crippen LogP contribution in [-0.4, -0.2) is 18.1 Å². The molecule has 24 heavy (non-hydrogen) atoms. The highest BCUT2D eigenvalue weighted by Crippen LogP contribution is 2.38. The first-order valence-electron chi connectivity index (χ1n) is 8.66. The molecule has 3 nitrogen and oxygen atoms in total. The number of hydrogen-bond donors (Lipinski definition) is 0. The quantitative estimate of drug-likeness (QED) is 0.677. The third kappa shape index (κ3) is 2.60. The maximum absolute atomic E-state index is 5.71. The number of aryl methyl sites for hydroxylation is 2. The molecule has 3 heteroatoms. The minimum Gasteiger partial charge on any atom is -0.494 e. The Bertz CT molecular complexity index is 888. The van der Waals surface area contributed by atoms with Gasteiger partial charge in [-0.3, -0.25) is 4.98 Å². The number of aromatic nitrogens is 1. The van der Waals surface area contributed by atoms with E-state index >= 15 is 0 Å². The Morgan fingerprint density at radius 1 is 1.08 bits per heavy atom. The molecule has 0 radical (unpaired) electrons. The van der Waals surface area contributed by atoms with Gasteiger partial charge in [0.05, 0.1) is 17.8 Å². The molecule has 0 amide bonds. The van der Waals surface area contributed by atoms with Crippen LogP contribution in [0.2, 0.25) is 0 Å². The number of pyridine rings is 1. The number of ether oxygens (including phenoxy) is 1. The lowest BCUT2D eigenvalue weighted by atomic mass is 10.00. The van der Waals surface area contributed by atoms with E-state index in [1.165, 1.54) is 23.4 Å². The first-order valence-corrected chi connectivity index (χ1v) is 8.66. The molecule has 0 fully saturated rings. The zero-order valence-electron chi connectivity index (χ0n) is 14.2.